The van der Waals surface area contributed by atoms with E-state index in [0.29, 0.717) is 13.0 Å². The summed E-state index contributed by atoms with van der Waals surface area (Å²) in [7, 11) is 1.69. The fourth-order valence-electron chi connectivity index (χ4n) is 3.20. The Morgan fingerprint density at radius 3 is 2.83 bits per heavy atom. The molecule has 0 radical (unpaired) electrons. The summed E-state index contributed by atoms with van der Waals surface area (Å²) in [6, 6.07) is 12.4. The largest absolute Gasteiger partial charge is 0.497 e. The minimum atomic E-state index is 0.0875. The average Bonchev–Trinajstić information content (AvgIpc) is 3.29. The van der Waals surface area contributed by atoms with Gasteiger partial charge in [-0.05, 0) is 55.1 Å². The van der Waals surface area contributed by atoms with E-state index < -0.39 is 0 Å². The molecule has 2 aromatic rings. The number of hydrogen-bond acceptors (Lipinski definition) is 4. The molecule has 5 heteroatoms. The molecule has 1 aromatic heterocycles. The van der Waals surface area contributed by atoms with Crippen molar-refractivity contribution in [1.82, 2.24) is 10.2 Å². The highest BCUT2D eigenvalue weighted by atomic mass is 32.1. The Bertz CT molecular complexity index is 651. The summed E-state index contributed by atoms with van der Waals surface area (Å²) >= 11 is 1.62. The first-order chi connectivity index (χ1) is 11.8. The van der Waals surface area contributed by atoms with E-state index in [1.54, 1.807) is 18.4 Å². The lowest BCUT2D eigenvalue weighted by molar-refractivity contribution is -0.120. The number of thiophene rings is 1. The van der Waals surface area contributed by atoms with Crippen molar-refractivity contribution in [3.8, 4) is 5.75 Å². The van der Waals surface area contributed by atoms with Crippen molar-refractivity contribution >= 4 is 17.2 Å². The van der Waals surface area contributed by atoms with Gasteiger partial charge in [0.1, 0.15) is 5.75 Å². The molecule has 4 nitrogen and oxygen atoms in total. The monoisotopic (exact) mass is 344 g/mol. The van der Waals surface area contributed by atoms with Crippen LogP contribution in [0.2, 0.25) is 0 Å². The zero-order valence-corrected chi connectivity index (χ0v) is 14.8. The number of nitrogens with one attached hydrogen (secondary N) is 1. The fraction of sp³-hybridized carbons (Fsp3) is 0.421. The Labute approximate surface area is 147 Å². The van der Waals surface area contributed by atoms with Crippen LogP contribution in [0.15, 0.2) is 41.8 Å². The number of hydrogen-bond donors (Lipinski definition) is 1. The van der Waals surface area contributed by atoms with Crippen LogP contribution in [0.1, 0.15) is 29.3 Å². The zero-order chi connectivity index (χ0) is 16.8. The summed E-state index contributed by atoms with van der Waals surface area (Å²) in [5.74, 6) is 0.950. The average molecular weight is 344 g/mol. The van der Waals surface area contributed by atoms with Gasteiger partial charge in [-0.2, -0.15) is 0 Å². The first-order valence-electron chi connectivity index (χ1n) is 8.43. The highest BCUT2D eigenvalue weighted by Gasteiger charge is 2.24. The summed E-state index contributed by atoms with van der Waals surface area (Å²) < 4.78 is 5.36. The SMILES string of the molecule is COc1cccc(C(CNC(=O)Cc2cccs2)N2CCCC2)c1. The number of carbonyl (C=O) groups excluding carboxylic acids is 1. The summed E-state index contributed by atoms with van der Waals surface area (Å²) in [5.41, 5.74) is 1.20. The Morgan fingerprint density at radius 2 is 2.12 bits per heavy atom. The smallest absolute Gasteiger partial charge is 0.225 e. The van der Waals surface area contributed by atoms with Crippen LogP contribution >= 0.6 is 11.3 Å². The molecule has 1 fully saturated rings. The van der Waals surface area contributed by atoms with Gasteiger partial charge in [0, 0.05) is 11.4 Å². The lowest BCUT2D eigenvalue weighted by Crippen LogP contribution is -2.37. The van der Waals surface area contributed by atoms with E-state index in [0.717, 1.165) is 23.7 Å². The number of methoxy groups -OCH3 is 1. The molecule has 0 saturated carbocycles. The molecule has 0 aliphatic carbocycles. The number of carbonyl (C=O) groups is 1. The molecule has 2 heterocycles. The number of likely N-dealkylation sites (tertiary alicyclic amines) is 1. The number of nitrogens with zero attached hydrogens (tertiary/aromatic N) is 1. The van der Waals surface area contributed by atoms with E-state index in [4.69, 9.17) is 4.74 Å². The van der Waals surface area contributed by atoms with Crippen LogP contribution in [0.5, 0.6) is 5.75 Å². The predicted molar refractivity (Wildman–Crippen MR) is 97.6 cm³/mol. The van der Waals surface area contributed by atoms with Crippen LogP contribution < -0.4 is 10.1 Å². The number of ether oxygens (including phenoxy) is 1. The van der Waals surface area contributed by atoms with E-state index in [9.17, 15) is 4.79 Å². The predicted octanol–water partition coefficient (Wildman–Crippen LogP) is 3.25. The van der Waals surface area contributed by atoms with Gasteiger partial charge < -0.3 is 10.1 Å². The second-order valence-corrected chi connectivity index (χ2v) is 7.13. The highest BCUT2D eigenvalue weighted by molar-refractivity contribution is 7.10. The van der Waals surface area contributed by atoms with Crippen LogP contribution in [-0.4, -0.2) is 37.6 Å². The van der Waals surface area contributed by atoms with E-state index in [1.807, 2.05) is 29.6 Å². The molecule has 1 saturated heterocycles. The summed E-state index contributed by atoms with van der Waals surface area (Å²) in [6.45, 7) is 2.81. The van der Waals surface area contributed by atoms with Gasteiger partial charge >= 0.3 is 0 Å². The molecule has 1 unspecified atom stereocenters. The summed E-state index contributed by atoms with van der Waals surface area (Å²) in [4.78, 5) is 15.8. The molecule has 1 aromatic carbocycles. The third-order valence-electron chi connectivity index (χ3n) is 4.47. The van der Waals surface area contributed by atoms with Gasteiger partial charge in [-0.15, -0.1) is 11.3 Å². The van der Waals surface area contributed by atoms with Gasteiger partial charge in [0.25, 0.3) is 0 Å². The third-order valence-corrected chi connectivity index (χ3v) is 5.34. The van der Waals surface area contributed by atoms with Gasteiger partial charge in [-0.3, -0.25) is 9.69 Å². The molecule has 1 aliphatic heterocycles. The maximum atomic E-state index is 12.2. The van der Waals surface area contributed by atoms with E-state index in [2.05, 4.69) is 22.3 Å². The lowest BCUT2D eigenvalue weighted by atomic mass is 10.0. The van der Waals surface area contributed by atoms with E-state index >= 15 is 0 Å². The maximum absolute atomic E-state index is 12.2. The molecule has 0 spiro atoms. The lowest BCUT2D eigenvalue weighted by Gasteiger charge is -2.28. The maximum Gasteiger partial charge on any atom is 0.225 e. The van der Waals surface area contributed by atoms with Crippen LogP contribution in [0.25, 0.3) is 0 Å². The van der Waals surface area contributed by atoms with Crippen LogP contribution in [0, 0.1) is 0 Å². The van der Waals surface area contributed by atoms with Crippen molar-refractivity contribution in [3.63, 3.8) is 0 Å². The Morgan fingerprint density at radius 1 is 1.29 bits per heavy atom. The quantitative estimate of drug-likeness (QED) is 0.838. The van der Waals surface area contributed by atoms with Gasteiger partial charge in [-0.25, -0.2) is 0 Å². The number of benzene rings is 1. The first kappa shape index (κ1) is 17.0. The van der Waals surface area contributed by atoms with Crippen molar-refractivity contribution in [2.75, 3.05) is 26.7 Å². The molecule has 128 valence electrons. The first-order valence-corrected chi connectivity index (χ1v) is 9.31. The van der Waals surface area contributed by atoms with Crippen molar-refractivity contribution < 1.29 is 9.53 Å². The van der Waals surface area contributed by atoms with E-state index in [-0.39, 0.29) is 11.9 Å². The molecule has 0 bridgehead atoms. The van der Waals surface area contributed by atoms with Gasteiger partial charge in [0.05, 0.1) is 19.6 Å². The minimum Gasteiger partial charge on any atom is -0.497 e. The van der Waals surface area contributed by atoms with Crippen LogP contribution in [-0.2, 0) is 11.2 Å². The molecule has 24 heavy (non-hydrogen) atoms. The van der Waals surface area contributed by atoms with Gasteiger partial charge in [0.15, 0.2) is 0 Å². The van der Waals surface area contributed by atoms with Gasteiger partial charge in [-0.1, -0.05) is 18.2 Å². The molecule has 1 N–H and O–H groups in total. The molecule has 1 aliphatic rings. The van der Waals surface area contributed by atoms with Crippen molar-refractivity contribution in [2.45, 2.75) is 25.3 Å². The number of rotatable bonds is 7. The normalized spacial score (nSPS) is 16.0. The van der Waals surface area contributed by atoms with Crippen molar-refractivity contribution in [2.24, 2.45) is 0 Å². The van der Waals surface area contributed by atoms with Crippen molar-refractivity contribution in [1.29, 1.82) is 0 Å². The molecule has 1 atom stereocenters. The Hall–Kier alpha value is -1.85. The fourth-order valence-corrected chi connectivity index (χ4v) is 3.91. The topological polar surface area (TPSA) is 41.6 Å². The zero-order valence-electron chi connectivity index (χ0n) is 14.0. The third kappa shape index (κ3) is 4.36. The number of amides is 1. The minimum absolute atomic E-state index is 0.0875. The Balaban J connectivity index is 1.66. The van der Waals surface area contributed by atoms with Crippen molar-refractivity contribution in [3.05, 3.63) is 52.2 Å². The molecular weight excluding hydrogens is 320 g/mol. The second-order valence-electron chi connectivity index (χ2n) is 6.10. The molecule has 1 amide bonds. The highest BCUT2D eigenvalue weighted by Crippen LogP contribution is 2.27. The van der Waals surface area contributed by atoms with Crippen LogP contribution in [0.4, 0.5) is 0 Å². The van der Waals surface area contributed by atoms with E-state index in [1.165, 1.54) is 18.4 Å². The van der Waals surface area contributed by atoms with Gasteiger partial charge in [0.2, 0.25) is 5.91 Å². The molecule has 3 rings (SSSR count). The molecular formula is C19H24N2O2S. The standard InChI is InChI=1S/C19H24N2O2S/c1-23-16-7-4-6-15(12-16)18(21-9-2-3-10-21)14-20-19(22)13-17-8-5-11-24-17/h4-8,11-12,18H,2-3,9-10,13-14H2,1H3,(H,20,22). The van der Waals surface area contributed by atoms with Crippen LogP contribution in [0.3, 0.4) is 0 Å². The second kappa shape index (κ2) is 8.31. The summed E-state index contributed by atoms with van der Waals surface area (Å²) in [5, 5.41) is 5.12. The summed E-state index contributed by atoms with van der Waals surface area (Å²) in [6.07, 6.45) is 2.91. The Kier molecular flexibility index (Phi) is 5.88.